The summed E-state index contributed by atoms with van der Waals surface area (Å²) >= 11 is 6.10. The number of hydrogen-bond donors (Lipinski definition) is 2. The smallest absolute Gasteiger partial charge is 0.258 e. The topological polar surface area (TPSA) is 93.1 Å². The average Bonchev–Trinajstić information content (AvgIpc) is 3.09. The van der Waals surface area contributed by atoms with E-state index < -0.39 is 15.9 Å². The molecule has 0 atom stereocenters. The summed E-state index contributed by atoms with van der Waals surface area (Å²) < 4.78 is 27.8. The number of carbonyl (C=O) groups is 1. The molecule has 1 amide bonds. The van der Waals surface area contributed by atoms with Crippen molar-refractivity contribution in [3.63, 3.8) is 0 Å². The fourth-order valence-electron chi connectivity index (χ4n) is 2.47. The minimum atomic E-state index is -3.69. The summed E-state index contributed by atoms with van der Waals surface area (Å²) in [6.07, 6.45) is 1.57. The third-order valence-corrected chi connectivity index (χ3v) is 5.64. The Labute approximate surface area is 162 Å². The second kappa shape index (κ2) is 7.91. The van der Waals surface area contributed by atoms with Crippen LogP contribution in [-0.4, -0.2) is 31.2 Å². The quantitative estimate of drug-likeness (QED) is 0.660. The first-order chi connectivity index (χ1) is 12.9. The molecule has 9 heteroatoms. The molecule has 0 saturated carbocycles. The number of nitrogens with one attached hydrogen (secondary N) is 2. The Balaban J connectivity index is 1.85. The van der Waals surface area contributed by atoms with E-state index in [1.807, 2.05) is 30.3 Å². The van der Waals surface area contributed by atoms with Gasteiger partial charge in [0, 0.05) is 6.07 Å². The van der Waals surface area contributed by atoms with E-state index in [4.69, 9.17) is 11.6 Å². The van der Waals surface area contributed by atoms with Gasteiger partial charge in [-0.2, -0.15) is 5.10 Å². The normalized spacial score (nSPS) is 11.3. The summed E-state index contributed by atoms with van der Waals surface area (Å²) in [5.41, 5.74) is 1.08. The van der Waals surface area contributed by atoms with Gasteiger partial charge in [-0.1, -0.05) is 41.9 Å². The van der Waals surface area contributed by atoms with Gasteiger partial charge >= 0.3 is 0 Å². The SMILES string of the molecule is CNS(=O)(=O)c1ccc(Cl)c(C(=O)Nc2ccnn2Cc2ccccc2)c1. The Bertz CT molecular complexity index is 1070. The van der Waals surface area contributed by atoms with E-state index >= 15 is 0 Å². The van der Waals surface area contributed by atoms with Crippen LogP contribution in [0, 0.1) is 0 Å². The summed E-state index contributed by atoms with van der Waals surface area (Å²) in [7, 11) is -2.39. The van der Waals surface area contributed by atoms with Crippen LogP contribution in [0.5, 0.6) is 0 Å². The van der Waals surface area contributed by atoms with E-state index in [1.165, 1.54) is 25.2 Å². The molecule has 0 bridgehead atoms. The third-order valence-electron chi connectivity index (χ3n) is 3.89. The predicted molar refractivity (Wildman–Crippen MR) is 103 cm³/mol. The van der Waals surface area contributed by atoms with Crippen LogP contribution in [0.15, 0.2) is 65.7 Å². The molecule has 0 fully saturated rings. The lowest BCUT2D eigenvalue weighted by Crippen LogP contribution is -2.20. The molecular weight excluding hydrogens is 388 g/mol. The molecule has 7 nitrogen and oxygen atoms in total. The van der Waals surface area contributed by atoms with Crippen LogP contribution in [0.1, 0.15) is 15.9 Å². The Morgan fingerprint density at radius 2 is 1.89 bits per heavy atom. The van der Waals surface area contributed by atoms with E-state index in [-0.39, 0.29) is 15.5 Å². The molecule has 0 spiro atoms. The maximum Gasteiger partial charge on any atom is 0.258 e. The molecule has 0 aliphatic heterocycles. The van der Waals surface area contributed by atoms with Crippen LogP contribution < -0.4 is 10.0 Å². The Morgan fingerprint density at radius 1 is 1.15 bits per heavy atom. The molecule has 0 saturated heterocycles. The molecule has 3 rings (SSSR count). The molecule has 2 N–H and O–H groups in total. The van der Waals surface area contributed by atoms with Gasteiger partial charge in [0.25, 0.3) is 5.91 Å². The van der Waals surface area contributed by atoms with Crippen molar-refractivity contribution in [2.45, 2.75) is 11.4 Å². The largest absolute Gasteiger partial charge is 0.307 e. The molecule has 1 aromatic heterocycles. The number of hydrogen-bond acceptors (Lipinski definition) is 4. The lowest BCUT2D eigenvalue weighted by Gasteiger charge is -2.11. The van der Waals surface area contributed by atoms with E-state index in [0.717, 1.165) is 5.56 Å². The fraction of sp³-hybridized carbons (Fsp3) is 0.111. The van der Waals surface area contributed by atoms with Gasteiger partial charge in [0.05, 0.1) is 28.2 Å². The molecule has 0 radical (unpaired) electrons. The summed E-state index contributed by atoms with van der Waals surface area (Å²) in [5, 5.41) is 7.09. The number of amides is 1. The van der Waals surface area contributed by atoms with Gasteiger partial charge < -0.3 is 5.32 Å². The maximum atomic E-state index is 12.7. The Hall–Kier alpha value is -2.68. The van der Waals surface area contributed by atoms with Crippen molar-refractivity contribution in [2.75, 3.05) is 12.4 Å². The molecule has 1 heterocycles. The van der Waals surface area contributed by atoms with Crippen LogP contribution in [0.25, 0.3) is 0 Å². The van der Waals surface area contributed by atoms with Crippen molar-refractivity contribution >= 4 is 33.3 Å². The molecule has 27 heavy (non-hydrogen) atoms. The highest BCUT2D eigenvalue weighted by Gasteiger charge is 2.18. The highest BCUT2D eigenvalue weighted by atomic mass is 35.5. The van der Waals surface area contributed by atoms with Crippen LogP contribution in [-0.2, 0) is 16.6 Å². The number of halogens is 1. The Morgan fingerprint density at radius 3 is 2.59 bits per heavy atom. The van der Waals surface area contributed by atoms with Gasteiger partial charge in [0.2, 0.25) is 10.0 Å². The summed E-state index contributed by atoms with van der Waals surface area (Å²) in [6.45, 7) is 0.478. The molecule has 3 aromatic rings. The number of carbonyl (C=O) groups excluding carboxylic acids is 1. The first-order valence-electron chi connectivity index (χ1n) is 8.01. The lowest BCUT2D eigenvalue weighted by molar-refractivity contribution is 0.102. The zero-order chi connectivity index (χ0) is 19.4. The van der Waals surface area contributed by atoms with Gasteiger partial charge in [-0.3, -0.25) is 4.79 Å². The highest BCUT2D eigenvalue weighted by Crippen LogP contribution is 2.22. The number of nitrogens with zero attached hydrogens (tertiary/aromatic N) is 2. The zero-order valence-electron chi connectivity index (χ0n) is 14.4. The minimum absolute atomic E-state index is 0.0441. The van der Waals surface area contributed by atoms with Crippen LogP contribution in [0.4, 0.5) is 5.82 Å². The standard InChI is InChI=1S/C18H17ClN4O3S/c1-20-27(25,26)14-7-8-16(19)15(11-14)18(24)22-17-9-10-21-23(17)12-13-5-3-2-4-6-13/h2-11,20H,12H2,1H3,(H,22,24). The second-order valence-corrected chi connectivity index (χ2v) is 7.96. The second-order valence-electron chi connectivity index (χ2n) is 5.66. The van der Waals surface area contributed by atoms with Crippen molar-refractivity contribution in [1.82, 2.24) is 14.5 Å². The average molecular weight is 405 g/mol. The number of sulfonamides is 1. The first kappa shape index (κ1) is 19.1. The number of aromatic nitrogens is 2. The summed E-state index contributed by atoms with van der Waals surface area (Å²) in [6, 6.07) is 15.3. The van der Waals surface area contributed by atoms with Crippen molar-refractivity contribution in [3.8, 4) is 0 Å². The van der Waals surface area contributed by atoms with Gasteiger partial charge in [-0.05, 0) is 30.8 Å². The van der Waals surface area contributed by atoms with E-state index in [9.17, 15) is 13.2 Å². The summed E-state index contributed by atoms with van der Waals surface area (Å²) in [5.74, 6) is -0.0511. The maximum absolute atomic E-state index is 12.7. The predicted octanol–water partition coefficient (Wildman–Crippen LogP) is 2.75. The van der Waals surface area contributed by atoms with E-state index in [2.05, 4.69) is 15.1 Å². The van der Waals surface area contributed by atoms with Gasteiger partial charge in [-0.15, -0.1) is 0 Å². The third kappa shape index (κ3) is 4.36. The summed E-state index contributed by atoms with van der Waals surface area (Å²) in [4.78, 5) is 12.6. The van der Waals surface area contributed by atoms with Crippen molar-refractivity contribution in [1.29, 1.82) is 0 Å². The van der Waals surface area contributed by atoms with Crippen molar-refractivity contribution < 1.29 is 13.2 Å². The number of benzene rings is 2. The Kier molecular flexibility index (Phi) is 5.59. The van der Waals surface area contributed by atoms with Crippen LogP contribution in [0.2, 0.25) is 5.02 Å². The number of rotatable bonds is 6. The van der Waals surface area contributed by atoms with Crippen molar-refractivity contribution in [2.24, 2.45) is 0 Å². The van der Waals surface area contributed by atoms with Crippen LogP contribution >= 0.6 is 11.6 Å². The highest BCUT2D eigenvalue weighted by molar-refractivity contribution is 7.89. The molecule has 0 aliphatic rings. The lowest BCUT2D eigenvalue weighted by atomic mass is 10.2. The van der Waals surface area contributed by atoms with Crippen LogP contribution in [0.3, 0.4) is 0 Å². The van der Waals surface area contributed by atoms with Gasteiger partial charge in [-0.25, -0.2) is 17.8 Å². The first-order valence-corrected chi connectivity index (χ1v) is 9.87. The number of anilines is 1. The van der Waals surface area contributed by atoms with Crippen molar-refractivity contribution in [3.05, 3.63) is 76.9 Å². The monoisotopic (exact) mass is 404 g/mol. The molecular formula is C18H17ClN4O3S. The van der Waals surface area contributed by atoms with E-state index in [1.54, 1.807) is 16.9 Å². The minimum Gasteiger partial charge on any atom is -0.307 e. The molecule has 0 aliphatic carbocycles. The molecule has 2 aromatic carbocycles. The molecule has 0 unspecified atom stereocenters. The fourth-order valence-corrected chi connectivity index (χ4v) is 3.43. The molecule has 140 valence electrons. The van der Waals surface area contributed by atoms with Gasteiger partial charge in [0.1, 0.15) is 5.82 Å². The zero-order valence-corrected chi connectivity index (χ0v) is 16.0. The van der Waals surface area contributed by atoms with Gasteiger partial charge in [0.15, 0.2) is 0 Å². The van der Waals surface area contributed by atoms with E-state index in [0.29, 0.717) is 12.4 Å².